The molecule has 0 amide bonds. The number of aromatic nitrogens is 1. The lowest BCUT2D eigenvalue weighted by molar-refractivity contribution is 0.0352. The fourth-order valence-electron chi connectivity index (χ4n) is 1.87. The third-order valence-corrected chi connectivity index (χ3v) is 3.89. The van der Waals surface area contributed by atoms with Gasteiger partial charge in [0.15, 0.2) is 16.6 Å². The number of methoxy groups -OCH3 is 1. The number of hydrogen-bond acceptors (Lipinski definition) is 6. The molecular weight excluding hydrogens is 226 g/mol. The highest BCUT2D eigenvalue weighted by atomic mass is 32.1. The molecule has 1 saturated heterocycles. The van der Waals surface area contributed by atoms with E-state index in [4.69, 9.17) is 10.5 Å². The van der Waals surface area contributed by atoms with Gasteiger partial charge in [0.05, 0.1) is 12.7 Å². The van der Waals surface area contributed by atoms with E-state index < -0.39 is 5.60 Å². The van der Waals surface area contributed by atoms with Gasteiger partial charge in [-0.25, -0.2) is 0 Å². The van der Waals surface area contributed by atoms with Gasteiger partial charge in [0.25, 0.3) is 0 Å². The summed E-state index contributed by atoms with van der Waals surface area (Å²) in [4.78, 5) is 2.17. The van der Waals surface area contributed by atoms with E-state index in [0.717, 1.165) is 30.9 Å². The Bertz CT molecular complexity index is 368. The van der Waals surface area contributed by atoms with E-state index in [-0.39, 0.29) is 0 Å². The quantitative estimate of drug-likeness (QED) is 0.813. The zero-order valence-corrected chi connectivity index (χ0v) is 10.4. The summed E-state index contributed by atoms with van der Waals surface area (Å²) in [7, 11) is 1.60. The van der Waals surface area contributed by atoms with Crippen molar-refractivity contribution < 1.29 is 9.84 Å². The maximum absolute atomic E-state index is 9.88. The van der Waals surface area contributed by atoms with Crippen LogP contribution in [0.5, 0.6) is 5.75 Å². The molecule has 1 fully saturated rings. The van der Waals surface area contributed by atoms with E-state index >= 15 is 0 Å². The first kappa shape index (κ1) is 11.5. The summed E-state index contributed by atoms with van der Waals surface area (Å²) in [6.45, 7) is 3.50. The van der Waals surface area contributed by atoms with Crippen LogP contribution >= 0.6 is 11.5 Å². The fourth-order valence-corrected chi connectivity index (χ4v) is 2.71. The summed E-state index contributed by atoms with van der Waals surface area (Å²) in [5.74, 6) is 1.10. The van der Waals surface area contributed by atoms with Crippen LogP contribution in [-0.4, -0.2) is 35.3 Å². The zero-order valence-electron chi connectivity index (χ0n) is 9.56. The first-order valence-corrected chi connectivity index (χ1v) is 6.07. The summed E-state index contributed by atoms with van der Waals surface area (Å²) in [6.07, 6.45) is 1.52. The number of ether oxygens (including phenoxy) is 1. The monoisotopic (exact) mass is 243 g/mol. The molecular formula is C10H17N3O2S. The minimum atomic E-state index is -0.542. The molecule has 1 aromatic heterocycles. The molecule has 0 spiro atoms. The largest absolute Gasteiger partial charge is 0.490 e. The molecule has 0 aromatic carbocycles. The van der Waals surface area contributed by atoms with Gasteiger partial charge in [0.2, 0.25) is 0 Å². The fraction of sp³-hybridized carbons (Fsp3) is 0.700. The molecule has 0 radical (unpaired) electrons. The van der Waals surface area contributed by atoms with Gasteiger partial charge < -0.3 is 20.5 Å². The molecule has 0 bridgehead atoms. The molecule has 1 aromatic rings. The Morgan fingerprint density at radius 2 is 2.12 bits per heavy atom. The van der Waals surface area contributed by atoms with E-state index in [0.29, 0.717) is 11.6 Å². The Labute approximate surface area is 99.0 Å². The van der Waals surface area contributed by atoms with Crippen LogP contribution in [0.4, 0.5) is 10.8 Å². The second-order valence-corrected chi connectivity index (χ2v) is 5.14. The van der Waals surface area contributed by atoms with Crippen molar-refractivity contribution in [2.75, 3.05) is 30.8 Å². The van der Waals surface area contributed by atoms with E-state index in [1.807, 2.05) is 6.92 Å². The lowest BCUT2D eigenvalue weighted by Crippen LogP contribution is -2.42. The third kappa shape index (κ3) is 2.08. The molecule has 0 saturated carbocycles. The lowest BCUT2D eigenvalue weighted by atomic mass is 9.94. The summed E-state index contributed by atoms with van der Waals surface area (Å²) < 4.78 is 9.33. The van der Waals surface area contributed by atoms with E-state index in [1.54, 1.807) is 7.11 Å². The highest BCUT2D eigenvalue weighted by Crippen LogP contribution is 2.39. The number of aliphatic hydroxyl groups is 1. The molecule has 0 unspecified atom stereocenters. The van der Waals surface area contributed by atoms with Crippen LogP contribution in [0.25, 0.3) is 0 Å². The molecule has 1 aliphatic heterocycles. The van der Waals surface area contributed by atoms with Gasteiger partial charge in [-0.3, -0.25) is 0 Å². The summed E-state index contributed by atoms with van der Waals surface area (Å²) >= 11 is 1.35. The lowest BCUT2D eigenvalue weighted by Gasteiger charge is -2.36. The molecule has 16 heavy (non-hydrogen) atoms. The Morgan fingerprint density at radius 1 is 1.50 bits per heavy atom. The van der Waals surface area contributed by atoms with Crippen molar-refractivity contribution in [2.24, 2.45) is 0 Å². The molecule has 2 heterocycles. The van der Waals surface area contributed by atoms with E-state index in [2.05, 4.69) is 9.27 Å². The van der Waals surface area contributed by atoms with Gasteiger partial charge in [-0.1, -0.05) is 0 Å². The molecule has 2 rings (SSSR count). The van der Waals surface area contributed by atoms with Gasteiger partial charge in [-0.15, -0.1) is 0 Å². The zero-order chi connectivity index (χ0) is 11.8. The van der Waals surface area contributed by atoms with E-state index in [1.165, 1.54) is 11.5 Å². The van der Waals surface area contributed by atoms with Gasteiger partial charge in [0.1, 0.15) is 0 Å². The summed E-state index contributed by atoms with van der Waals surface area (Å²) in [6, 6.07) is 0. The average Bonchev–Trinajstić information content (AvgIpc) is 2.59. The van der Waals surface area contributed by atoms with Crippen molar-refractivity contribution in [3.8, 4) is 5.75 Å². The standard InChI is InChI=1S/C10H17N3O2S/c1-10(14)3-5-13(6-4-10)9-7(15-2)8(11)12-16-9/h14H,3-6H2,1-2H3,(H2,11,12). The number of rotatable bonds is 2. The van der Waals surface area contributed by atoms with Crippen LogP contribution in [0, 0.1) is 0 Å². The normalized spacial score (nSPS) is 19.8. The van der Waals surface area contributed by atoms with Crippen LogP contribution in [0.15, 0.2) is 0 Å². The van der Waals surface area contributed by atoms with Crippen molar-refractivity contribution in [1.29, 1.82) is 0 Å². The molecule has 0 atom stereocenters. The maximum atomic E-state index is 9.88. The van der Waals surface area contributed by atoms with Gasteiger partial charge in [-0.2, -0.15) is 4.37 Å². The Balaban J connectivity index is 2.14. The predicted octanol–water partition coefficient (Wildman–Crippen LogP) is 1.09. The highest BCUT2D eigenvalue weighted by Gasteiger charge is 2.30. The topological polar surface area (TPSA) is 71.6 Å². The molecule has 5 nitrogen and oxygen atoms in total. The molecule has 6 heteroatoms. The minimum Gasteiger partial charge on any atom is -0.490 e. The highest BCUT2D eigenvalue weighted by molar-refractivity contribution is 7.11. The van der Waals surface area contributed by atoms with Gasteiger partial charge in [0, 0.05) is 13.1 Å². The number of piperidine rings is 1. The van der Waals surface area contributed by atoms with Crippen molar-refractivity contribution in [3.63, 3.8) is 0 Å². The van der Waals surface area contributed by atoms with Crippen LogP contribution in [0.1, 0.15) is 19.8 Å². The SMILES string of the molecule is COc1c(N)nsc1N1CCC(C)(O)CC1. The van der Waals surface area contributed by atoms with Gasteiger partial charge >= 0.3 is 0 Å². The Morgan fingerprint density at radius 3 is 2.69 bits per heavy atom. The van der Waals surface area contributed by atoms with Crippen LogP contribution in [-0.2, 0) is 0 Å². The summed E-state index contributed by atoms with van der Waals surface area (Å²) in [5.41, 5.74) is 5.17. The predicted molar refractivity (Wildman–Crippen MR) is 65.1 cm³/mol. The number of anilines is 2. The van der Waals surface area contributed by atoms with Crippen LogP contribution in [0.2, 0.25) is 0 Å². The third-order valence-electron chi connectivity index (χ3n) is 2.99. The van der Waals surface area contributed by atoms with Gasteiger partial charge in [-0.05, 0) is 31.3 Å². The van der Waals surface area contributed by atoms with Crippen molar-refractivity contribution in [3.05, 3.63) is 0 Å². The maximum Gasteiger partial charge on any atom is 0.197 e. The van der Waals surface area contributed by atoms with Crippen molar-refractivity contribution >= 4 is 22.4 Å². The van der Waals surface area contributed by atoms with Crippen LogP contribution < -0.4 is 15.4 Å². The molecule has 3 N–H and O–H groups in total. The van der Waals surface area contributed by atoms with Crippen molar-refractivity contribution in [2.45, 2.75) is 25.4 Å². The van der Waals surface area contributed by atoms with Crippen molar-refractivity contribution in [1.82, 2.24) is 4.37 Å². The Kier molecular flexibility index (Phi) is 2.94. The van der Waals surface area contributed by atoms with Crippen LogP contribution in [0.3, 0.4) is 0 Å². The molecule has 1 aliphatic rings. The molecule has 0 aliphatic carbocycles. The second kappa shape index (κ2) is 4.10. The average molecular weight is 243 g/mol. The first-order valence-electron chi connectivity index (χ1n) is 5.30. The smallest absolute Gasteiger partial charge is 0.197 e. The number of nitrogen functional groups attached to an aromatic ring is 1. The minimum absolute atomic E-state index is 0.444. The number of hydrogen-bond donors (Lipinski definition) is 2. The molecule has 90 valence electrons. The second-order valence-electron chi connectivity index (χ2n) is 4.39. The number of nitrogens with zero attached hydrogens (tertiary/aromatic N) is 2. The summed E-state index contributed by atoms with van der Waals surface area (Å²) in [5, 5.41) is 10.8. The number of nitrogens with two attached hydrogens (primary N) is 1. The first-order chi connectivity index (χ1) is 7.53. The van der Waals surface area contributed by atoms with E-state index in [9.17, 15) is 5.11 Å². The Hall–Kier alpha value is -1.01.